The molecule has 0 saturated carbocycles. The molecule has 0 aliphatic heterocycles. The number of rotatable bonds is 9. The Morgan fingerprint density at radius 1 is 1.04 bits per heavy atom. The van der Waals surface area contributed by atoms with Crippen molar-refractivity contribution in [3.8, 4) is 5.75 Å². The minimum atomic E-state index is -0.266. The maximum absolute atomic E-state index is 12.0. The molecule has 28 heavy (non-hydrogen) atoms. The van der Waals surface area contributed by atoms with Gasteiger partial charge in [0.2, 0.25) is 0 Å². The van der Waals surface area contributed by atoms with Gasteiger partial charge < -0.3 is 9.47 Å². The quantitative estimate of drug-likeness (QED) is 0.313. The molecule has 0 bridgehead atoms. The lowest BCUT2D eigenvalue weighted by Crippen LogP contribution is -2.08. The van der Waals surface area contributed by atoms with Gasteiger partial charge >= 0.3 is 5.97 Å². The van der Waals surface area contributed by atoms with Crippen molar-refractivity contribution in [1.82, 2.24) is 0 Å². The molecule has 0 amide bonds. The van der Waals surface area contributed by atoms with E-state index in [1.54, 1.807) is 6.92 Å². The maximum atomic E-state index is 12.0. The summed E-state index contributed by atoms with van der Waals surface area (Å²) >= 11 is 0. The van der Waals surface area contributed by atoms with Crippen LogP contribution in [0.4, 0.5) is 5.69 Å². The van der Waals surface area contributed by atoms with E-state index < -0.39 is 0 Å². The van der Waals surface area contributed by atoms with E-state index in [0.29, 0.717) is 24.7 Å². The second-order valence-corrected chi connectivity index (χ2v) is 7.00. The van der Waals surface area contributed by atoms with Crippen molar-refractivity contribution in [2.75, 3.05) is 13.2 Å². The molecule has 0 spiro atoms. The summed E-state index contributed by atoms with van der Waals surface area (Å²) < 4.78 is 10.7. The van der Waals surface area contributed by atoms with E-state index in [4.69, 9.17) is 9.47 Å². The van der Waals surface area contributed by atoms with Crippen molar-refractivity contribution in [3.63, 3.8) is 0 Å². The Kier molecular flexibility index (Phi) is 8.47. The average Bonchev–Trinajstić information content (AvgIpc) is 2.68. The molecule has 4 heteroatoms. The van der Waals surface area contributed by atoms with Crippen LogP contribution in [0, 0.1) is 5.92 Å². The first-order valence-corrected chi connectivity index (χ1v) is 9.70. The lowest BCUT2D eigenvalue weighted by molar-refractivity contribution is -0.139. The van der Waals surface area contributed by atoms with Gasteiger partial charge in [0.05, 0.1) is 18.9 Å². The molecule has 0 aliphatic rings. The predicted molar refractivity (Wildman–Crippen MR) is 115 cm³/mol. The summed E-state index contributed by atoms with van der Waals surface area (Å²) in [5.74, 6) is 1.11. The van der Waals surface area contributed by atoms with Gasteiger partial charge in [0.15, 0.2) is 0 Å². The fourth-order valence-corrected chi connectivity index (χ4v) is 2.43. The van der Waals surface area contributed by atoms with Crippen molar-refractivity contribution in [2.45, 2.75) is 34.1 Å². The highest BCUT2D eigenvalue weighted by Crippen LogP contribution is 2.17. The van der Waals surface area contributed by atoms with Gasteiger partial charge in [0.1, 0.15) is 5.75 Å². The van der Waals surface area contributed by atoms with Gasteiger partial charge in [0, 0.05) is 11.8 Å². The normalized spacial score (nSPS) is 11.8. The molecule has 4 nitrogen and oxygen atoms in total. The van der Waals surface area contributed by atoms with Gasteiger partial charge in [-0.15, -0.1) is 0 Å². The molecule has 0 unspecified atom stereocenters. The van der Waals surface area contributed by atoms with Crippen molar-refractivity contribution in [1.29, 1.82) is 0 Å². The summed E-state index contributed by atoms with van der Waals surface area (Å²) in [5.41, 5.74) is 3.39. The molecular weight excluding hydrogens is 350 g/mol. The van der Waals surface area contributed by atoms with Crippen molar-refractivity contribution < 1.29 is 14.3 Å². The minimum Gasteiger partial charge on any atom is -0.494 e. The number of hydrogen-bond acceptors (Lipinski definition) is 4. The first kappa shape index (κ1) is 21.4. The number of ether oxygens (including phenoxy) is 2. The molecule has 0 aromatic heterocycles. The molecule has 0 saturated heterocycles. The first-order valence-electron chi connectivity index (χ1n) is 9.70. The summed E-state index contributed by atoms with van der Waals surface area (Å²) in [5, 5.41) is 0. The fraction of sp³-hybridized carbons (Fsp3) is 0.333. The van der Waals surface area contributed by atoms with Crippen LogP contribution in [0.3, 0.4) is 0 Å². The van der Waals surface area contributed by atoms with Gasteiger partial charge in [-0.25, -0.2) is 4.79 Å². The second kappa shape index (κ2) is 11.1. The number of nitrogens with zero attached hydrogens (tertiary/aromatic N) is 1. The molecule has 0 atom stereocenters. The Labute approximate surface area is 167 Å². The zero-order valence-corrected chi connectivity index (χ0v) is 17.1. The molecule has 148 valence electrons. The van der Waals surface area contributed by atoms with Gasteiger partial charge in [0.25, 0.3) is 0 Å². The summed E-state index contributed by atoms with van der Waals surface area (Å²) in [6, 6.07) is 15.5. The van der Waals surface area contributed by atoms with E-state index in [1.807, 2.05) is 67.7 Å². The smallest absolute Gasteiger partial charge is 0.333 e. The number of aliphatic imine (C=N–C) groups is 1. The van der Waals surface area contributed by atoms with Crippen LogP contribution in [-0.4, -0.2) is 25.4 Å². The Morgan fingerprint density at radius 2 is 1.68 bits per heavy atom. The van der Waals surface area contributed by atoms with Crippen LogP contribution < -0.4 is 4.74 Å². The zero-order valence-electron chi connectivity index (χ0n) is 17.1. The number of esters is 1. The van der Waals surface area contributed by atoms with Crippen LogP contribution in [-0.2, 0) is 9.53 Å². The molecule has 2 rings (SSSR count). The second-order valence-electron chi connectivity index (χ2n) is 7.00. The zero-order chi connectivity index (χ0) is 20.4. The van der Waals surface area contributed by atoms with Gasteiger partial charge in [-0.1, -0.05) is 26.0 Å². The summed E-state index contributed by atoms with van der Waals surface area (Å²) in [4.78, 5) is 16.5. The highest BCUT2D eigenvalue weighted by atomic mass is 16.5. The standard InChI is InChI=1S/C24H29NO3/c1-5-27-23-12-8-21(9-13-23)17-25-22-10-6-20(7-11-22)16-19(4)24(26)28-15-14-18(2)3/h6-13,16-18H,5,14-15H2,1-4H3. The highest BCUT2D eigenvalue weighted by Gasteiger charge is 2.06. The summed E-state index contributed by atoms with van der Waals surface area (Å²) in [6.45, 7) is 9.07. The van der Waals surface area contributed by atoms with E-state index in [9.17, 15) is 4.79 Å². The van der Waals surface area contributed by atoms with E-state index >= 15 is 0 Å². The van der Waals surface area contributed by atoms with Crippen LogP contribution in [0.25, 0.3) is 6.08 Å². The third kappa shape index (κ3) is 7.39. The topological polar surface area (TPSA) is 47.9 Å². The molecule has 2 aromatic rings. The first-order chi connectivity index (χ1) is 13.5. The van der Waals surface area contributed by atoms with Crippen LogP contribution in [0.2, 0.25) is 0 Å². The molecule has 0 aliphatic carbocycles. The van der Waals surface area contributed by atoms with E-state index in [1.165, 1.54) is 0 Å². The highest BCUT2D eigenvalue weighted by molar-refractivity contribution is 5.93. The molecule has 0 N–H and O–H groups in total. The van der Waals surface area contributed by atoms with Crippen LogP contribution in [0.1, 0.15) is 45.2 Å². The average molecular weight is 380 g/mol. The molecular formula is C24H29NO3. The van der Waals surface area contributed by atoms with Crippen LogP contribution in [0.15, 0.2) is 59.1 Å². The molecule has 0 heterocycles. The van der Waals surface area contributed by atoms with Gasteiger partial charge in [-0.05, 0) is 79.8 Å². The third-order valence-corrected chi connectivity index (χ3v) is 4.08. The van der Waals surface area contributed by atoms with Crippen molar-refractivity contribution in [3.05, 3.63) is 65.2 Å². The third-order valence-electron chi connectivity index (χ3n) is 4.08. The number of hydrogen-bond donors (Lipinski definition) is 0. The van der Waals surface area contributed by atoms with Crippen molar-refractivity contribution >= 4 is 23.9 Å². The molecule has 0 radical (unpaired) electrons. The SMILES string of the molecule is CCOc1ccc(C=Nc2ccc(C=C(C)C(=O)OCCC(C)C)cc2)cc1. The lowest BCUT2D eigenvalue weighted by Gasteiger charge is -2.07. The largest absolute Gasteiger partial charge is 0.494 e. The van der Waals surface area contributed by atoms with Gasteiger partial charge in [-0.3, -0.25) is 4.99 Å². The Morgan fingerprint density at radius 3 is 2.29 bits per heavy atom. The molecule has 2 aromatic carbocycles. The molecule has 0 fully saturated rings. The van der Waals surface area contributed by atoms with E-state index in [2.05, 4.69) is 18.8 Å². The number of benzene rings is 2. The number of carbonyl (C=O) groups excluding carboxylic acids is 1. The van der Waals surface area contributed by atoms with E-state index in [-0.39, 0.29) is 5.97 Å². The summed E-state index contributed by atoms with van der Waals surface area (Å²) in [7, 11) is 0. The Balaban J connectivity index is 1.94. The van der Waals surface area contributed by atoms with Crippen LogP contribution >= 0.6 is 0 Å². The number of carbonyl (C=O) groups is 1. The minimum absolute atomic E-state index is 0.266. The predicted octanol–water partition coefficient (Wildman–Crippen LogP) is 5.83. The Bertz CT molecular complexity index is 803. The van der Waals surface area contributed by atoms with E-state index in [0.717, 1.165) is 29.0 Å². The lowest BCUT2D eigenvalue weighted by atomic mass is 10.1. The monoisotopic (exact) mass is 379 g/mol. The fourth-order valence-electron chi connectivity index (χ4n) is 2.43. The maximum Gasteiger partial charge on any atom is 0.333 e. The van der Waals surface area contributed by atoms with Crippen molar-refractivity contribution in [2.24, 2.45) is 10.9 Å². The van der Waals surface area contributed by atoms with Crippen LogP contribution in [0.5, 0.6) is 5.75 Å². The van der Waals surface area contributed by atoms with Gasteiger partial charge in [-0.2, -0.15) is 0 Å². The summed E-state index contributed by atoms with van der Waals surface area (Å²) in [6.07, 6.45) is 4.52. The Hall–Kier alpha value is -2.88.